The van der Waals surface area contributed by atoms with Gasteiger partial charge in [0.1, 0.15) is 0 Å². The summed E-state index contributed by atoms with van der Waals surface area (Å²) in [5, 5.41) is 2.86. The third-order valence-corrected chi connectivity index (χ3v) is 1.85. The molecule has 13 heavy (non-hydrogen) atoms. The lowest BCUT2D eigenvalue weighted by Gasteiger charge is -2.13. The van der Waals surface area contributed by atoms with Gasteiger partial charge in [0.2, 0.25) is 5.91 Å². The van der Waals surface area contributed by atoms with Crippen molar-refractivity contribution in [3.63, 3.8) is 0 Å². The van der Waals surface area contributed by atoms with Crippen LogP contribution in [0.4, 0.5) is 0 Å². The minimum atomic E-state index is 0.0278. The Balaban J connectivity index is 2.55. The maximum atomic E-state index is 11.3. The monoisotopic (exact) mass is 177 g/mol. The average Bonchev–Trinajstić information content (AvgIpc) is 2.04. The maximum Gasteiger partial charge on any atom is 0.226 e. The summed E-state index contributed by atoms with van der Waals surface area (Å²) < 4.78 is 0. The van der Waals surface area contributed by atoms with Crippen molar-refractivity contribution < 1.29 is 4.79 Å². The van der Waals surface area contributed by atoms with E-state index < -0.39 is 0 Å². The Kier molecular flexibility index (Phi) is 3.07. The normalized spacial score (nSPS) is 15.9. The van der Waals surface area contributed by atoms with Gasteiger partial charge < -0.3 is 5.32 Å². The molecule has 0 aromatic rings. The Bertz CT molecular complexity index is 284. The summed E-state index contributed by atoms with van der Waals surface area (Å²) in [6, 6.07) is 0. The lowest BCUT2D eigenvalue weighted by atomic mass is 10.1. The van der Waals surface area contributed by atoms with E-state index >= 15 is 0 Å². The van der Waals surface area contributed by atoms with Crippen LogP contribution in [0.2, 0.25) is 0 Å². The zero-order valence-electron chi connectivity index (χ0n) is 8.13. The van der Waals surface area contributed by atoms with E-state index in [4.69, 9.17) is 0 Å². The molecule has 2 heteroatoms. The molecule has 0 bridgehead atoms. The minimum Gasteiger partial charge on any atom is -0.329 e. The predicted molar refractivity (Wildman–Crippen MR) is 54.0 cm³/mol. The molecule has 0 unspecified atom stereocenters. The Morgan fingerprint density at radius 1 is 1.62 bits per heavy atom. The zero-order chi connectivity index (χ0) is 9.84. The van der Waals surface area contributed by atoms with Gasteiger partial charge in [-0.25, -0.2) is 0 Å². The molecule has 0 saturated heterocycles. The van der Waals surface area contributed by atoms with E-state index in [9.17, 15) is 4.79 Å². The van der Waals surface area contributed by atoms with Gasteiger partial charge in [-0.15, -0.1) is 0 Å². The first-order valence-corrected chi connectivity index (χ1v) is 4.45. The van der Waals surface area contributed by atoms with Crippen LogP contribution in [-0.2, 0) is 4.79 Å². The van der Waals surface area contributed by atoms with E-state index in [-0.39, 0.29) is 11.8 Å². The largest absolute Gasteiger partial charge is 0.329 e. The lowest BCUT2D eigenvalue weighted by molar-refractivity contribution is -0.123. The van der Waals surface area contributed by atoms with Gasteiger partial charge in [-0.05, 0) is 11.6 Å². The van der Waals surface area contributed by atoms with E-state index in [2.05, 4.69) is 11.9 Å². The Labute approximate surface area is 79.0 Å². The predicted octanol–water partition coefficient (Wildman–Crippen LogP) is 2.16. The van der Waals surface area contributed by atoms with Crippen LogP contribution in [0, 0.1) is 5.92 Å². The lowest BCUT2D eigenvalue weighted by Crippen LogP contribution is -2.27. The molecule has 0 spiro atoms. The molecule has 1 aliphatic rings. The van der Waals surface area contributed by atoms with Gasteiger partial charge >= 0.3 is 0 Å². The minimum absolute atomic E-state index is 0.0278. The Hall–Kier alpha value is -1.31. The smallest absolute Gasteiger partial charge is 0.226 e. The molecule has 1 amide bonds. The number of rotatable bonds is 2. The summed E-state index contributed by atoms with van der Waals surface area (Å²) >= 11 is 0. The van der Waals surface area contributed by atoms with E-state index in [1.165, 1.54) is 0 Å². The van der Waals surface area contributed by atoms with Crippen LogP contribution in [0.25, 0.3) is 0 Å². The molecule has 0 aromatic carbocycles. The molecular formula is C11H15NO. The van der Waals surface area contributed by atoms with Crippen molar-refractivity contribution in [2.75, 3.05) is 0 Å². The number of amides is 1. The van der Waals surface area contributed by atoms with Crippen molar-refractivity contribution >= 4 is 5.91 Å². The first-order chi connectivity index (χ1) is 6.09. The van der Waals surface area contributed by atoms with Crippen LogP contribution in [0.15, 0.2) is 36.1 Å². The number of allylic oxidation sites excluding steroid dienone is 4. The fraction of sp³-hybridized carbons (Fsp3) is 0.364. The highest BCUT2D eigenvalue weighted by Gasteiger charge is 2.09. The second kappa shape index (κ2) is 4.08. The standard InChI is InChI=1S/C11H15NO/c1-8(2)11(13)12-10-6-4-5-9(3)7-10/h4-6,8H,3,7H2,1-2H3,(H,12,13). The van der Waals surface area contributed by atoms with Crippen molar-refractivity contribution in [1.29, 1.82) is 0 Å². The highest BCUT2D eigenvalue weighted by molar-refractivity contribution is 5.79. The molecule has 1 N–H and O–H groups in total. The summed E-state index contributed by atoms with van der Waals surface area (Å²) in [7, 11) is 0. The van der Waals surface area contributed by atoms with Crippen molar-refractivity contribution in [3.8, 4) is 0 Å². The first-order valence-electron chi connectivity index (χ1n) is 4.45. The summed E-state index contributed by atoms with van der Waals surface area (Å²) in [6.45, 7) is 7.59. The Morgan fingerprint density at radius 2 is 2.31 bits per heavy atom. The van der Waals surface area contributed by atoms with Crippen molar-refractivity contribution in [2.24, 2.45) is 5.92 Å². The second-order valence-electron chi connectivity index (χ2n) is 3.53. The Morgan fingerprint density at radius 3 is 2.85 bits per heavy atom. The van der Waals surface area contributed by atoms with E-state index in [1.54, 1.807) is 0 Å². The number of carbonyl (C=O) groups is 1. The third kappa shape index (κ3) is 2.90. The second-order valence-corrected chi connectivity index (χ2v) is 3.53. The molecule has 1 aliphatic carbocycles. The van der Waals surface area contributed by atoms with Crippen LogP contribution in [0.5, 0.6) is 0 Å². The third-order valence-electron chi connectivity index (χ3n) is 1.85. The molecule has 0 fully saturated rings. The van der Waals surface area contributed by atoms with Gasteiger partial charge in [-0.3, -0.25) is 4.79 Å². The SMILES string of the molecule is C=C1C=CC=C(NC(=O)C(C)C)C1. The van der Waals surface area contributed by atoms with Gasteiger partial charge in [0, 0.05) is 18.0 Å². The molecule has 2 nitrogen and oxygen atoms in total. The summed E-state index contributed by atoms with van der Waals surface area (Å²) in [4.78, 5) is 11.3. The fourth-order valence-electron chi connectivity index (χ4n) is 1.05. The van der Waals surface area contributed by atoms with Crippen LogP contribution in [0.1, 0.15) is 20.3 Å². The van der Waals surface area contributed by atoms with Crippen LogP contribution >= 0.6 is 0 Å². The molecule has 0 saturated carbocycles. The molecule has 0 heterocycles. The van der Waals surface area contributed by atoms with Crippen LogP contribution in [-0.4, -0.2) is 5.91 Å². The number of hydrogen-bond donors (Lipinski definition) is 1. The summed E-state index contributed by atoms with van der Waals surface area (Å²) in [5.41, 5.74) is 1.97. The number of carbonyl (C=O) groups excluding carboxylic acids is 1. The summed E-state index contributed by atoms with van der Waals surface area (Å²) in [6.07, 6.45) is 6.51. The van der Waals surface area contributed by atoms with E-state index in [1.807, 2.05) is 32.1 Å². The molecule has 0 aliphatic heterocycles. The average molecular weight is 177 g/mol. The van der Waals surface area contributed by atoms with Gasteiger partial charge in [-0.2, -0.15) is 0 Å². The fourth-order valence-corrected chi connectivity index (χ4v) is 1.05. The molecule has 0 atom stereocenters. The van der Waals surface area contributed by atoms with Gasteiger partial charge in [0.05, 0.1) is 0 Å². The van der Waals surface area contributed by atoms with Gasteiger partial charge in [0.25, 0.3) is 0 Å². The first kappa shape index (κ1) is 9.78. The molecular weight excluding hydrogens is 162 g/mol. The number of nitrogens with one attached hydrogen (secondary N) is 1. The molecule has 1 rings (SSSR count). The highest BCUT2D eigenvalue weighted by atomic mass is 16.1. The molecule has 0 radical (unpaired) electrons. The number of hydrogen-bond acceptors (Lipinski definition) is 1. The highest BCUT2D eigenvalue weighted by Crippen LogP contribution is 2.13. The molecule has 0 aromatic heterocycles. The van der Waals surface area contributed by atoms with Crippen LogP contribution in [0.3, 0.4) is 0 Å². The van der Waals surface area contributed by atoms with Gasteiger partial charge in [0.15, 0.2) is 0 Å². The van der Waals surface area contributed by atoms with Crippen molar-refractivity contribution in [2.45, 2.75) is 20.3 Å². The van der Waals surface area contributed by atoms with Crippen molar-refractivity contribution in [3.05, 3.63) is 36.1 Å². The topological polar surface area (TPSA) is 29.1 Å². The van der Waals surface area contributed by atoms with E-state index in [0.29, 0.717) is 0 Å². The zero-order valence-corrected chi connectivity index (χ0v) is 8.13. The van der Waals surface area contributed by atoms with E-state index in [0.717, 1.165) is 17.7 Å². The maximum absolute atomic E-state index is 11.3. The quantitative estimate of drug-likeness (QED) is 0.688. The van der Waals surface area contributed by atoms with Gasteiger partial charge in [-0.1, -0.05) is 32.6 Å². The summed E-state index contributed by atoms with van der Waals surface area (Å²) in [5.74, 6) is 0.0921. The van der Waals surface area contributed by atoms with Crippen molar-refractivity contribution in [1.82, 2.24) is 5.32 Å². The molecule has 70 valence electrons. The van der Waals surface area contributed by atoms with Crippen LogP contribution < -0.4 is 5.32 Å².